The zero-order valence-electron chi connectivity index (χ0n) is 10.1. The predicted molar refractivity (Wildman–Crippen MR) is 68.2 cm³/mol. The fourth-order valence-corrected chi connectivity index (χ4v) is 2.96. The molecule has 0 bridgehead atoms. The smallest absolute Gasteiger partial charge is 0.126 e. The number of fused-ring (bicyclic) bond motifs is 2. The Hall–Kier alpha value is -1.54. The van der Waals surface area contributed by atoms with Gasteiger partial charge in [-0.05, 0) is 29.4 Å². The van der Waals surface area contributed by atoms with Crippen molar-refractivity contribution < 1.29 is 9.84 Å². The van der Waals surface area contributed by atoms with Crippen LogP contribution in [0.5, 0.6) is 5.75 Å². The SMILES string of the molecule is COC1c2cc3ccccc3c(O)c2CC1C. The molecular weight excluding hydrogens is 212 g/mol. The van der Waals surface area contributed by atoms with Crippen molar-refractivity contribution in [2.24, 2.45) is 5.92 Å². The molecule has 1 aliphatic rings. The highest BCUT2D eigenvalue weighted by molar-refractivity contribution is 5.90. The first-order valence-corrected chi connectivity index (χ1v) is 5.98. The number of methoxy groups -OCH3 is 1. The van der Waals surface area contributed by atoms with E-state index in [2.05, 4.69) is 13.0 Å². The number of rotatable bonds is 1. The van der Waals surface area contributed by atoms with Crippen LogP contribution in [0.2, 0.25) is 0 Å². The largest absolute Gasteiger partial charge is 0.507 e. The molecule has 2 atom stereocenters. The van der Waals surface area contributed by atoms with E-state index in [0.717, 1.165) is 28.3 Å². The maximum Gasteiger partial charge on any atom is 0.126 e. The molecule has 88 valence electrons. The quantitative estimate of drug-likeness (QED) is 0.810. The molecule has 2 heteroatoms. The summed E-state index contributed by atoms with van der Waals surface area (Å²) >= 11 is 0. The maximum absolute atomic E-state index is 10.3. The highest BCUT2D eigenvalue weighted by Crippen LogP contribution is 2.45. The van der Waals surface area contributed by atoms with Crippen LogP contribution in [0.3, 0.4) is 0 Å². The Morgan fingerprint density at radius 3 is 2.82 bits per heavy atom. The van der Waals surface area contributed by atoms with Gasteiger partial charge < -0.3 is 9.84 Å². The molecule has 0 aliphatic heterocycles. The summed E-state index contributed by atoms with van der Waals surface area (Å²) in [6.07, 6.45) is 1.00. The number of hydrogen-bond donors (Lipinski definition) is 1. The number of phenols is 1. The summed E-state index contributed by atoms with van der Waals surface area (Å²) in [5.41, 5.74) is 2.21. The van der Waals surface area contributed by atoms with Crippen molar-refractivity contribution in [2.45, 2.75) is 19.4 Å². The molecule has 0 spiro atoms. The lowest BCUT2D eigenvalue weighted by molar-refractivity contribution is 0.0696. The molecule has 0 heterocycles. The molecule has 2 nitrogen and oxygen atoms in total. The van der Waals surface area contributed by atoms with Crippen molar-refractivity contribution in [2.75, 3.05) is 7.11 Å². The van der Waals surface area contributed by atoms with Crippen molar-refractivity contribution >= 4 is 10.8 Å². The van der Waals surface area contributed by atoms with E-state index in [9.17, 15) is 5.11 Å². The summed E-state index contributed by atoms with van der Waals surface area (Å²) in [5.74, 6) is 0.863. The van der Waals surface area contributed by atoms with Crippen LogP contribution in [0.15, 0.2) is 30.3 Å². The monoisotopic (exact) mass is 228 g/mol. The van der Waals surface area contributed by atoms with Gasteiger partial charge >= 0.3 is 0 Å². The van der Waals surface area contributed by atoms with Crippen LogP contribution >= 0.6 is 0 Å². The van der Waals surface area contributed by atoms with Gasteiger partial charge in [-0.1, -0.05) is 31.2 Å². The molecule has 1 N–H and O–H groups in total. The van der Waals surface area contributed by atoms with Gasteiger partial charge in [0.1, 0.15) is 5.75 Å². The Kier molecular flexibility index (Phi) is 2.33. The molecule has 0 aromatic heterocycles. The van der Waals surface area contributed by atoms with Gasteiger partial charge in [-0.25, -0.2) is 0 Å². The van der Waals surface area contributed by atoms with E-state index in [-0.39, 0.29) is 6.10 Å². The second kappa shape index (κ2) is 3.74. The lowest BCUT2D eigenvalue weighted by atomic mass is 10.0. The fraction of sp³-hybridized carbons (Fsp3) is 0.333. The van der Waals surface area contributed by atoms with E-state index in [4.69, 9.17) is 4.74 Å². The Bertz CT molecular complexity index is 574. The Labute approximate surface area is 101 Å². The summed E-state index contributed by atoms with van der Waals surface area (Å²) in [5, 5.41) is 12.4. The highest BCUT2D eigenvalue weighted by Gasteiger charge is 2.32. The van der Waals surface area contributed by atoms with Crippen LogP contribution in [-0.2, 0) is 11.2 Å². The molecular formula is C15H16O2. The Morgan fingerprint density at radius 1 is 1.29 bits per heavy atom. The first-order chi connectivity index (χ1) is 8.22. The third-order valence-electron chi connectivity index (χ3n) is 3.76. The van der Waals surface area contributed by atoms with Gasteiger partial charge in [0.15, 0.2) is 0 Å². The lowest BCUT2D eigenvalue weighted by Gasteiger charge is -2.15. The van der Waals surface area contributed by atoms with Crippen molar-refractivity contribution in [3.05, 3.63) is 41.5 Å². The molecule has 2 aromatic rings. The van der Waals surface area contributed by atoms with Gasteiger partial charge in [0.25, 0.3) is 0 Å². The van der Waals surface area contributed by atoms with Crippen LogP contribution in [0.1, 0.15) is 24.2 Å². The molecule has 3 rings (SSSR count). The van der Waals surface area contributed by atoms with E-state index in [0.29, 0.717) is 11.7 Å². The number of ether oxygens (including phenoxy) is 1. The minimum atomic E-state index is 0.112. The van der Waals surface area contributed by atoms with Gasteiger partial charge in [0, 0.05) is 18.1 Å². The van der Waals surface area contributed by atoms with Crippen molar-refractivity contribution in [3.63, 3.8) is 0 Å². The molecule has 0 amide bonds. The summed E-state index contributed by atoms with van der Waals surface area (Å²) < 4.78 is 5.54. The third kappa shape index (κ3) is 1.44. The molecule has 2 aromatic carbocycles. The van der Waals surface area contributed by atoms with Crippen LogP contribution in [0.4, 0.5) is 0 Å². The highest BCUT2D eigenvalue weighted by atomic mass is 16.5. The van der Waals surface area contributed by atoms with Gasteiger partial charge in [0.2, 0.25) is 0 Å². The van der Waals surface area contributed by atoms with Crippen molar-refractivity contribution in [1.82, 2.24) is 0 Å². The van der Waals surface area contributed by atoms with E-state index in [1.807, 2.05) is 24.3 Å². The average Bonchev–Trinajstić information content (AvgIpc) is 2.66. The van der Waals surface area contributed by atoms with E-state index in [1.165, 1.54) is 0 Å². The second-order valence-electron chi connectivity index (χ2n) is 4.85. The molecule has 0 fully saturated rings. The normalized spacial score (nSPS) is 22.9. The summed E-state index contributed by atoms with van der Waals surface area (Å²) in [6.45, 7) is 2.16. The number of aromatic hydroxyl groups is 1. The molecule has 2 unspecified atom stereocenters. The zero-order chi connectivity index (χ0) is 12.0. The van der Waals surface area contributed by atoms with E-state index < -0.39 is 0 Å². The number of hydrogen-bond acceptors (Lipinski definition) is 2. The Morgan fingerprint density at radius 2 is 2.06 bits per heavy atom. The summed E-state index contributed by atoms with van der Waals surface area (Å²) in [4.78, 5) is 0. The summed E-state index contributed by atoms with van der Waals surface area (Å²) in [6, 6.07) is 10.1. The van der Waals surface area contributed by atoms with Crippen LogP contribution in [0.25, 0.3) is 10.8 Å². The van der Waals surface area contributed by atoms with Gasteiger partial charge in [0.05, 0.1) is 6.10 Å². The molecule has 0 radical (unpaired) electrons. The van der Waals surface area contributed by atoms with Crippen LogP contribution in [0, 0.1) is 5.92 Å². The summed E-state index contributed by atoms with van der Waals surface area (Å²) in [7, 11) is 1.74. The second-order valence-corrected chi connectivity index (χ2v) is 4.85. The standard InChI is InChI=1S/C15H16O2/c1-9-7-12-13(15(9)17-2)8-10-5-3-4-6-11(10)14(12)16/h3-6,8-9,15-16H,7H2,1-2H3. The lowest BCUT2D eigenvalue weighted by Crippen LogP contribution is -2.05. The average molecular weight is 228 g/mol. The molecule has 0 saturated carbocycles. The van der Waals surface area contributed by atoms with Crippen molar-refractivity contribution in [1.29, 1.82) is 0 Å². The van der Waals surface area contributed by atoms with E-state index >= 15 is 0 Å². The van der Waals surface area contributed by atoms with E-state index in [1.54, 1.807) is 7.11 Å². The van der Waals surface area contributed by atoms with Gasteiger partial charge in [-0.3, -0.25) is 0 Å². The fourth-order valence-electron chi connectivity index (χ4n) is 2.96. The predicted octanol–water partition coefficient (Wildman–Crippen LogP) is 3.43. The zero-order valence-corrected chi connectivity index (χ0v) is 10.1. The van der Waals surface area contributed by atoms with Crippen LogP contribution < -0.4 is 0 Å². The van der Waals surface area contributed by atoms with Crippen molar-refractivity contribution in [3.8, 4) is 5.75 Å². The first-order valence-electron chi connectivity index (χ1n) is 5.98. The minimum absolute atomic E-state index is 0.112. The molecule has 1 aliphatic carbocycles. The molecule has 0 saturated heterocycles. The van der Waals surface area contributed by atoms with Gasteiger partial charge in [-0.15, -0.1) is 0 Å². The topological polar surface area (TPSA) is 29.5 Å². The van der Waals surface area contributed by atoms with Crippen LogP contribution in [-0.4, -0.2) is 12.2 Å². The maximum atomic E-state index is 10.3. The van der Waals surface area contributed by atoms with Gasteiger partial charge in [-0.2, -0.15) is 0 Å². The first kappa shape index (κ1) is 10.6. The Balaban J connectivity index is 2.30. The molecule has 17 heavy (non-hydrogen) atoms. The number of benzene rings is 2. The number of phenolic OH excluding ortho intramolecular Hbond substituents is 1. The third-order valence-corrected chi connectivity index (χ3v) is 3.76. The minimum Gasteiger partial charge on any atom is -0.507 e.